The second kappa shape index (κ2) is 4.13. The van der Waals surface area contributed by atoms with E-state index in [1.54, 1.807) is 0 Å². The van der Waals surface area contributed by atoms with Crippen molar-refractivity contribution in [1.29, 1.82) is 0 Å². The number of nitrogens with zero attached hydrogens (tertiary/aromatic N) is 3. The van der Waals surface area contributed by atoms with E-state index in [4.69, 9.17) is 5.73 Å². The number of aromatic nitrogens is 3. The third kappa shape index (κ3) is 2.17. The minimum absolute atomic E-state index is 0.350. The molecule has 0 radical (unpaired) electrons. The molecule has 2 N–H and O–H groups in total. The maximum Gasteiger partial charge on any atom is 0.435 e. The van der Waals surface area contributed by atoms with Gasteiger partial charge < -0.3 is 5.73 Å². The Labute approximate surface area is 99.0 Å². The summed E-state index contributed by atoms with van der Waals surface area (Å²) < 4.78 is 38.9. The SMILES string of the molecule is NC(=O)c1cn(-c2ccncc2)nc1C(F)(F)F. The Balaban J connectivity index is 2.57. The van der Waals surface area contributed by atoms with Crippen LogP contribution in [0.15, 0.2) is 30.7 Å². The lowest BCUT2D eigenvalue weighted by atomic mass is 10.2. The number of alkyl halides is 3. The first-order valence-corrected chi connectivity index (χ1v) is 4.76. The van der Waals surface area contributed by atoms with E-state index in [2.05, 4.69) is 10.1 Å². The second-order valence-corrected chi connectivity index (χ2v) is 3.40. The normalized spacial score (nSPS) is 11.5. The van der Waals surface area contributed by atoms with Crippen LogP contribution >= 0.6 is 0 Å². The minimum atomic E-state index is -4.73. The van der Waals surface area contributed by atoms with Crippen molar-refractivity contribution in [3.63, 3.8) is 0 Å². The Morgan fingerprint density at radius 3 is 2.33 bits per heavy atom. The third-order valence-corrected chi connectivity index (χ3v) is 2.18. The number of pyridine rings is 1. The number of primary amides is 1. The van der Waals surface area contributed by atoms with Gasteiger partial charge in [-0.05, 0) is 12.1 Å². The Morgan fingerprint density at radius 1 is 1.28 bits per heavy atom. The van der Waals surface area contributed by atoms with Gasteiger partial charge in [0.1, 0.15) is 0 Å². The van der Waals surface area contributed by atoms with Crippen LogP contribution in [0, 0.1) is 0 Å². The molecule has 18 heavy (non-hydrogen) atoms. The van der Waals surface area contributed by atoms with Crippen LogP contribution in [0.4, 0.5) is 13.2 Å². The van der Waals surface area contributed by atoms with Crippen molar-refractivity contribution >= 4 is 5.91 Å². The van der Waals surface area contributed by atoms with Gasteiger partial charge in [-0.1, -0.05) is 0 Å². The van der Waals surface area contributed by atoms with Gasteiger partial charge in [-0.3, -0.25) is 9.78 Å². The predicted octanol–water partition coefficient (Wildman–Crippen LogP) is 1.39. The van der Waals surface area contributed by atoms with Crippen LogP contribution in [0.25, 0.3) is 5.69 Å². The fourth-order valence-electron chi connectivity index (χ4n) is 1.39. The second-order valence-electron chi connectivity index (χ2n) is 3.40. The highest BCUT2D eigenvalue weighted by Gasteiger charge is 2.38. The molecular formula is C10H7F3N4O. The topological polar surface area (TPSA) is 73.8 Å². The number of nitrogens with two attached hydrogens (primary N) is 1. The summed E-state index contributed by atoms with van der Waals surface area (Å²) in [5.41, 5.74) is 3.28. The molecular weight excluding hydrogens is 249 g/mol. The summed E-state index contributed by atoms with van der Waals surface area (Å²) in [4.78, 5) is 14.7. The third-order valence-electron chi connectivity index (χ3n) is 2.18. The Bertz CT molecular complexity index is 577. The minimum Gasteiger partial charge on any atom is -0.365 e. The van der Waals surface area contributed by atoms with Crippen LogP contribution in [-0.2, 0) is 6.18 Å². The van der Waals surface area contributed by atoms with Crippen LogP contribution < -0.4 is 5.73 Å². The molecule has 2 rings (SSSR count). The summed E-state index contributed by atoms with van der Waals surface area (Å²) in [6.45, 7) is 0. The average molecular weight is 256 g/mol. The van der Waals surface area contributed by atoms with Crippen LogP contribution in [0.1, 0.15) is 16.1 Å². The predicted molar refractivity (Wildman–Crippen MR) is 54.9 cm³/mol. The summed E-state index contributed by atoms with van der Waals surface area (Å²) in [6, 6.07) is 2.91. The molecule has 0 aliphatic heterocycles. The van der Waals surface area contributed by atoms with Crippen molar-refractivity contribution < 1.29 is 18.0 Å². The molecule has 2 aromatic rings. The first-order chi connectivity index (χ1) is 8.39. The van der Waals surface area contributed by atoms with E-state index in [1.165, 1.54) is 24.5 Å². The zero-order valence-electron chi connectivity index (χ0n) is 8.85. The average Bonchev–Trinajstić information content (AvgIpc) is 2.74. The maximum atomic E-state index is 12.6. The number of amides is 1. The van der Waals surface area contributed by atoms with Crippen molar-refractivity contribution in [1.82, 2.24) is 14.8 Å². The summed E-state index contributed by atoms with van der Waals surface area (Å²) in [7, 11) is 0. The van der Waals surface area contributed by atoms with Crippen molar-refractivity contribution in [2.45, 2.75) is 6.18 Å². The van der Waals surface area contributed by atoms with Crippen LogP contribution in [0.3, 0.4) is 0 Å². The van der Waals surface area contributed by atoms with Gasteiger partial charge in [0.25, 0.3) is 5.91 Å². The Morgan fingerprint density at radius 2 is 1.89 bits per heavy atom. The van der Waals surface area contributed by atoms with E-state index < -0.39 is 23.3 Å². The first-order valence-electron chi connectivity index (χ1n) is 4.76. The van der Waals surface area contributed by atoms with Crippen molar-refractivity contribution in [2.75, 3.05) is 0 Å². The van der Waals surface area contributed by atoms with E-state index in [9.17, 15) is 18.0 Å². The molecule has 8 heteroatoms. The van der Waals surface area contributed by atoms with Crippen molar-refractivity contribution in [3.05, 3.63) is 42.0 Å². The highest BCUT2D eigenvalue weighted by molar-refractivity contribution is 5.94. The number of hydrogen-bond acceptors (Lipinski definition) is 3. The summed E-state index contributed by atoms with van der Waals surface area (Å²) >= 11 is 0. The van der Waals surface area contributed by atoms with Gasteiger partial charge in [0, 0.05) is 18.6 Å². The zero-order chi connectivity index (χ0) is 13.3. The summed E-state index contributed by atoms with van der Waals surface area (Å²) in [5, 5.41) is 3.34. The van der Waals surface area contributed by atoms with Crippen LogP contribution in [-0.4, -0.2) is 20.7 Å². The van der Waals surface area contributed by atoms with Gasteiger partial charge >= 0.3 is 6.18 Å². The van der Waals surface area contributed by atoms with E-state index >= 15 is 0 Å². The molecule has 0 aliphatic rings. The number of carbonyl (C=O) groups is 1. The molecule has 0 spiro atoms. The van der Waals surface area contributed by atoms with E-state index in [0.717, 1.165) is 10.9 Å². The largest absolute Gasteiger partial charge is 0.435 e. The van der Waals surface area contributed by atoms with Crippen LogP contribution in [0.5, 0.6) is 0 Å². The molecule has 0 saturated heterocycles. The van der Waals surface area contributed by atoms with Crippen molar-refractivity contribution in [3.8, 4) is 5.69 Å². The fraction of sp³-hybridized carbons (Fsp3) is 0.100. The quantitative estimate of drug-likeness (QED) is 0.882. The van der Waals surface area contributed by atoms with Gasteiger partial charge in [-0.2, -0.15) is 18.3 Å². The van der Waals surface area contributed by atoms with Gasteiger partial charge in [0.2, 0.25) is 0 Å². The molecule has 0 atom stereocenters. The van der Waals surface area contributed by atoms with Gasteiger partial charge in [0.05, 0.1) is 11.3 Å². The Kier molecular flexibility index (Phi) is 2.77. The van der Waals surface area contributed by atoms with E-state index in [0.29, 0.717) is 5.69 Å². The smallest absolute Gasteiger partial charge is 0.365 e. The van der Waals surface area contributed by atoms with Gasteiger partial charge in [0.15, 0.2) is 5.69 Å². The molecule has 0 aromatic carbocycles. The lowest BCUT2D eigenvalue weighted by Crippen LogP contribution is -2.17. The highest BCUT2D eigenvalue weighted by atomic mass is 19.4. The molecule has 94 valence electrons. The molecule has 0 unspecified atom stereocenters. The number of halogens is 3. The molecule has 0 fully saturated rings. The maximum absolute atomic E-state index is 12.6. The molecule has 0 saturated carbocycles. The lowest BCUT2D eigenvalue weighted by molar-refractivity contribution is -0.141. The monoisotopic (exact) mass is 256 g/mol. The molecule has 1 amide bonds. The summed E-state index contributed by atoms with van der Waals surface area (Å²) in [6.07, 6.45) is -0.994. The lowest BCUT2D eigenvalue weighted by Gasteiger charge is -2.03. The standard InChI is InChI=1S/C10H7F3N4O/c11-10(12,13)8-7(9(14)18)5-17(16-8)6-1-3-15-4-2-6/h1-5H,(H2,14,18). The van der Waals surface area contributed by atoms with Gasteiger partial charge in [-0.15, -0.1) is 0 Å². The molecule has 2 heterocycles. The fourth-order valence-corrected chi connectivity index (χ4v) is 1.39. The van der Waals surface area contributed by atoms with Crippen LogP contribution in [0.2, 0.25) is 0 Å². The van der Waals surface area contributed by atoms with Gasteiger partial charge in [-0.25, -0.2) is 4.68 Å². The molecule has 5 nitrogen and oxygen atoms in total. The number of hydrogen-bond donors (Lipinski definition) is 1. The highest BCUT2D eigenvalue weighted by Crippen LogP contribution is 2.31. The summed E-state index contributed by atoms with van der Waals surface area (Å²) in [5.74, 6) is -1.18. The zero-order valence-corrected chi connectivity index (χ0v) is 8.85. The first kappa shape index (κ1) is 12.1. The number of rotatable bonds is 2. The van der Waals surface area contributed by atoms with E-state index in [1.807, 2.05) is 0 Å². The molecule has 2 aromatic heterocycles. The number of carbonyl (C=O) groups excluding carboxylic acids is 1. The molecule has 0 aliphatic carbocycles. The van der Waals surface area contributed by atoms with E-state index in [-0.39, 0.29) is 0 Å². The van der Waals surface area contributed by atoms with Crippen molar-refractivity contribution in [2.24, 2.45) is 5.73 Å². The molecule has 0 bridgehead atoms. The Hall–Kier alpha value is -2.38.